The molecule has 0 aliphatic heterocycles. The maximum atomic E-state index is 12.8. The van der Waals surface area contributed by atoms with Crippen LogP contribution in [-0.4, -0.2) is 49.4 Å². The Hall–Kier alpha value is -1.16. The molecule has 19 heavy (non-hydrogen) atoms. The Labute approximate surface area is 115 Å². The minimum Gasteiger partial charge on any atom is -0.288 e. The predicted octanol–water partition coefficient (Wildman–Crippen LogP) is 2.79. The standard InChI is InChI=1S/C13H23N4OP/c1-12(11-19(18,16(2)3)17(4)5)14-15-13-9-7-6-8-10-13/h6-10,15H,11H2,1-5H3/b14-12+. The van der Waals surface area contributed by atoms with E-state index in [1.807, 2.05) is 65.4 Å². The minimum atomic E-state index is -2.54. The first kappa shape index (κ1) is 15.9. The maximum Gasteiger partial charge on any atom is 0.221 e. The van der Waals surface area contributed by atoms with E-state index in [0.29, 0.717) is 6.16 Å². The fourth-order valence-electron chi connectivity index (χ4n) is 1.65. The lowest BCUT2D eigenvalue weighted by Crippen LogP contribution is -2.25. The Morgan fingerprint density at radius 2 is 1.68 bits per heavy atom. The Morgan fingerprint density at radius 3 is 2.16 bits per heavy atom. The molecule has 106 valence electrons. The summed E-state index contributed by atoms with van der Waals surface area (Å²) in [5.74, 6) is 0. The van der Waals surface area contributed by atoms with Crippen molar-refractivity contribution >= 4 is 18.8 Å². The third-order valence-electron chi connectivity index (χ3n) is 2.83. The van der Waals surface area contributed by atoms with Gasteiger partial charge in [0.05, 0.1) is 11.8 Å². The highest BCUT2D eigenvalue weighted by Crippen LogP contribution is 2.49. The first-order valence-corrected chi connectivity index (χ1v) is 7.95. The fraction of sp³-hybridized carbons (Fsp3) is 0.462. The number of para-hydroxylation sites is 1. The van der Waals surface area contributed by atoms with Gasteiger partial charge in [-0.05, 0) is 47.2 Å². The Kier molecular flexibility index (Phi) is 5.73. The number of anilines is 1. The van der Waals surface area contributed by atoms with Gasteiger partial charge in [-0.3, -0.25) is 9.99 Å². The van der Waals surface area contributed by atoms with Crippen molar-refractivity contribution in [1.29, 1.82) is 0 Å². The lowest BCUT2D eigenvalue weighted by molar-refractivity contribution is 0.452. The monoisotopic (exact) mass is 282 g/mol. The largest absolute Gasteiger partial charge is 0.288 e. The predicted molar refractivity (Wildman–Crippen MR) is 83.0 cm³/mol. The summed E-state index contributed by atoms with van der Waals surface area (Å²) in [6.45, 7) is 1.88. The molecule has 0 heterocycles. The number of hydrogen-bond acceptors (Lipinski definition) is 3. The average Bonchev–Trinajstić information content (AvgIpc) is 2.37. The summed E-state index contributed by atoms with van der Waals surface area (Å²) < 4.78 is 16.3. The molecule has 0 amide bonds. The van der Waals surface area contributed by atoms with Crippen molar-refractivity contribution in [2.75, 3.05) is 39.8 Å². The number of nitrogens with one attached hydrogen (secondary N) is 1. The van der Waals surface area contributed by atoms with E-state index in [9.17, 15) is 4.57 Å². The number of hydrazone groups is 1. The molecular weight excluding hydrogens is 259 g/mol. The van der Waals surface area contributed by atoms with Crippen molar-refractivity contribution in [2.24, 2.45) is 5.10 Å². The van der Waals surface area contributed by atoms with E-state index in [1.54, 1.807) is 9.34 Å². The highest BCUT2D eigenvalue weighted by Gasteiger charge is 2.28. The topological polar surface area (TPSA) is 47.9 Å². The molecule has 1 rings (SSSR count). The van der Waals surface area contributed by atoms with E-state index in [4.69, 9.17) is 0 Å². The number of nitrogens with zero attached hydrogens (tertiary/aromatic N) is 3. The van der Waals surface area contributed by atoms with Gasteiger partial charge in [0.25, 0.3) is 0 Å². The molecule has 0 aliphatic rings. The molecule has 0 aromatic heterocycles. The lowest BCUT2D eigenvalue weighted by Gasteiger charge is -2.30. The number of rotatable bonds is 6. The SMILES string of the molecule is C/C(CP(=O)(N(C)C)N(C)C)=N\Nc1ccccc1. The van der Waals surface area contributed by atoms with Crippen molar-refractivity contribution in [3.63, 3.8) is 0 Å². The van der Waals surface area contributed by atoms with Crippen molar-refractivity contribution in [2.45, 2.75) is 6.92 Å². The van der Waals surface area contributed by atoms with E-state index in [-0.39, 0.29) is 0 Å². The molecule has 0 bridgehead atoms. The van der Waals surface area contributed by atoms with Crippen LogP contribution in [0.2, 0.25) is 0 Å². The van der Waals surface area contributed by atoms with E-state index < -0.39 is 7.44 Å². The zero-order chi connectivity index (χ0) is 14.5. The van der Waals surface area contributed by atoms with Gasteiger partial charge in [-0.1, -0.05) is 18.2 Å². The lowest BCUT2D eigenvalue weighted by atomic mass is 10.3. The molecule has 0 radical (unpaired) electrons. The summed E-state index contributed by atoms with van der Waals surface area (Å²) in [6, 6.07) is 9.71. The zero-order valence-corrected chi connectivity index (χ0v) is 13.2. The van der Waals surface area contributed by atoms with E-state index in [0.717, 1.165) is 11.4 Å². The smallest absolute Gasteiger partial charge is 0.221 e. The fourth-order valence-corrected chi connectivity index (χ4v) is 3.59. The van der Waals surface area contributed by atoms with Crippen LogP contribution in [0.3, 0.4) is 0 Å². The second kappa shape index (κ2) is 6.85. The van der Waals surface area contributed by atoms with Gasteiger partial charge in [-0.25, -0.2) is 9.34 Å². The Balaban J connectivity index is 2.73. The van der Waals surface area contributed by atoms with Crippen LogP contribution in [-0.2, 0) is 4.57 Å². The van der Waals surface area contributed by atoms with Gasteiger partial charge in [-0.15, -0.1) is 0 Å². The van der Waals surface area contributed by atoms with Gasteiger partial charge < -0.3 is 0 Å². The van der Waals surface area contributed by atoms with Crippen LogP contribution >= 0.6 is 7.44 Å². The molecule has 0 spiro atoms. The molecule has 1 N–H and O–H groups in total. The van der Waals surface area contributed by atoms with Gasteiger partial charge in [0.1, 0.15) is 0 Å². The van der Waals surface area contributed by atoms with Crippen molar-refractivity contribution in [3.05, 3.63) is 30.3 Å². The quantitative estimate of drug-likeness (QED) is 0.495. The van der Waals surface area contributed by atoms with Gasteiger partial charge in [-0.2, -0.15) is 5.10 Å². The van der Waals surface area contributed by atoms with Crippen molar-refractivity contribution in [1.82, 2.24) is 9.34 Å². The summed E-state index contributed by atoms with van der Waals surface area (Å²) >= 11 is 0. The molecule has 0 unspecified atom stereocenters. The second-order valence-corrected chi connectivity index (χ2v) is 8.09. The van der Waals surface area contributed by atoms with Gasteiger partial charge in [0.2, 0.25) is 7.44 Å². The normalized spacial score (nSPS) is 13.1. The first-order chi connectivity index (χ1) is 8.86. The van der Waals surface area contributed by atoms with Crippen LogP contribution in [0.5, 0.6) is 0 Å². The third-order valence-corrected chi connectivity index (χ3v) is 6.20. The highest BCUT2D eigenvalue weighted by molar-refractivity contribution is 7.60. The Bertz CT molecular complexity index is 459. The first-order valence-electron chi connectivity index (χ1n) is 6.15. The summed E-state index contributed by atoms with van der Waals surface area (Å²) in [7, 11) is 4.78. The van der Waals surface area contributed by atoms with Crippen LogP contribution < -0.4 is 5.43 Å². The second-order valence-electron chi connectivity index (χ2n) is 4.84. The summed E-state index contributed by atoms with van der Waals surface area (Å²) in [6.07, 6.45) is 0.437. The molecule has 1 aromatic rings. The molecule has 0 atom stereocenters. The molecule has 1 aromatic carbocycles. The van der Waals surface area contributed by atoms with Gasteiger partial charge >= 0.3 is 0 Å². The minimum absolute atomic E-state index is 0.437. The molecule has 5 nitrogen and oxygen atoms in total. The van der Waals surface area contributed by atoms with Crippen LogP contribution in [0.4, 0.5) is 5.69 Å². The van der Waals surface area contributed by atoms with Crippen molar-refractivity contribution < 1.29 is 4.57 Å². The van der Waals surface area contributed by atoms with Crippen LogP contribution in [0.1, 0.15) is 6.92 Å². The average molecular weight is 282 g/mol. The number of hydrogen-bond donors (Lipinski definition) is 1. The molecule has 0 fully saturated rings. The van der Waals surface area contributed by atoms with E-state index >= 15 is 0 Å². The Morgan fingerprint density at radius 1 is 1.16 bits per heavy atom. The summed E-state index contributed by atoms with van der Waals surface area (Å²) in [5, 5.41) is 4.29. The van der Waals surface area contributed by atoms with E-state index in [1.165, 1.54) is 0 Å². The zero-order valence-electron chi connectivity index (χ0n) is 12.3. The highest BCUT2D eigenvalue weighted by atomic mass is 31.2. The van der Waals surface area contributed by atoms with Crippen LogP contribution in [0, 0.1) is 0 Å². The maximum absolute atomic E-state index is 12.8. The molecule has 6 heteroatoms. The molecule has 0 aliphatic carbocycles. The molecule has 0 saturated heterocycles. The van der Waals surface area contributed by atoms with E-state index in [2.05, 4.69) is 10.5 Å². The van der Waals surface area contributed by atoms with Crippen LogP contribution in [0.15, 0.2) is 35.4 Å². The van der Waals surface area contributed by atoms with Gasteiger partial charge in [0.15, 0.2) is 0 Å². The molecular formula is C13H23N4OP. The summed E-state index contributed by atoms with van der Waals surface area (Å²) in [5.41, 5.74) is 4.71. The number of benzene rings is 1. The van der Waals surface area contributed by atoms with Crippen molar-refractivity contribution in [3.8, 4) is 0 Å². The van der Waals surface area contributed by atoms with Crippen LogP contribution in [0.25, 0.3) is 0 Å². The van der Waals surface area contributed by atoms with Gasteiger partial charge in [0, 0.05) is 5.71 Å². The molecule has 0 saturated carbocycles. The summed E-state index contributed by atoms with van der Waals surface area (Å²) in [4.78, 5) is 0. The third kappa shape index (κ3) is 4.46.